The minimum atomic E-state index is -0.967. The van der Waals surface area contributed by atoms with E-state index in [2.05, 4.69) is 4.98 Å². The number of carbonyl (C=O) groups is 3. The van der Waals surface area contributed by atoms with Gasteiger partial charge >= 0.3 is 11.9 Å². The Morgan fingerprint density at radius 1 is 1.05 bits per heavy atom. The molecule has 0 atom stereocenters. The Bertz CT molecular complexity index is 644. The van der Waals surface area contributed by atoms with E-state index in [1.54, 1.807) is 27.7 Å². The summed E-state index contributed by atoms with van der Waals surface area (Å²) in [7, 11) is 0. The van der Waals surface area contributed by atoms with Crippen molar-refractivity contribution in [3.63, 3.8) is 0 Å². The van der Waals surface area contributed by atoms with Crippen LogP contribution in [-0.4, -0.2) is 35.9 Å². The molecule has 0 aromatic carbocycles. The van der Waals surface area contributed by atoms with Gasteiger partial charge in [0.2, 0.25) is 0 Å². The Morgan fingerprint density at radius 2 is 1.55 bits per heavy atom. The number of ether oxygens (including phenoxy) is 2. The molecular formula is C15H19NO6. The summed E-state index contributed by atoms with van der Waals surface area (Å²) in [6.07, 6.45) is 1.12. The Kier molecular flexibility index (Phi) is 6.03. The monoisotopic (exact) mass is 309 g/mol. The van der Waals surface area contributed by atoms with Gasteiger partial charge in [-0.15, -0.1) is 0 Å². The molecule has 0 fully saturated rings. The first-order valence-corrected chi connectivity index (χ1v) is 6.99. The van der Waals surface area contributed by atoms with Gasteiger partial charge in [-0.2, -0.15) is 0 Å². The SMILES string of the molecule is CCOC(=O)c1c(C(=O)C(C)C)c[nH]c(=O)c1C(=O)OCC. The molecule has 0 saturated heterocycles. The number of H-pyrrole nitrogens is 1. The molecule has 7 nitrogen and oxygen atoms in total. The van der Waals surface area contributed by atoms with Gasteiger partial charge < -0.3 is 14.5 Å². The first-order valence-electron chi connectivity index (χ1n) is 6.99. The molecule has 22 heavy (non-hydrogen) atoms. The topological polar surface area (TPSA) is 103 Å². The molecule has 7 heteroatoms. The second kappa shape index (κ2) is 7.53. The van der Waals surface area contributed by atoms with Crippen molar-refractivity contribution in [1.82, 2.24) is 4.98 Å². The van der Waals surface area contributed by atoms with E-state index < -0.39 is 29.0 Å². The molecule has 1 aromatic rings. The summed E-state index contributed by atoms with van der Waals surface area (Å²) in [4.78, 5) is 50.6. The van der Waals surface area contributed by atoms with E-state index in [1.807, 2.05) is 0 Å². The third kappa shape index (κ3) is 3.60. The standard InChI is InChI=1S/C15H19NO6/c1-5-21-14(19)10-9(12(17)8(3)4)7-16-13(18)11(10)15(20)22-6-2/h7-8H,5-6H2,1-4H3,(H,16,18). The number of hydrogen-bond acceptors (Lipinski definition) is 6. The van der Waals surface area contributed by atoms with E-state index in [0.29, 0.717) is 0 Å². The number of ketones is 1. The van der Waals surface area contributed by atoms with Crippen LogP contribution in [0.25, 0.3) is 0 Å². The van der Waals surface area contributed by atoms with Gasteiger partial charge in [-0.05, 0) is 13.8 Å². The molecule has 0 saturated carbocycles. The van der Waals surface area contributed by atoms with E-state index in [0.717, 1.165) is 6.20 Å². The largest absolute Gasteiger partial charge is 0.462 e. The Labute approximate surface area is 127 Å². The lowest BCUT2D eigenvalue weighted by Crippen LogP contribution is -2.29. The maximum absolute atomic E-state index is 12.2. The smallest absolute Gasteiger partial charge is 0.344 e. The van der Waals surface area contributed by atoms with E-state index in [4.69, 9.17) is 9.47 Å². The van der Waals surface area contributed by atoms with Crippen molar-refractivity contribution < 1.29 is 23.9 Å². The highest BCUT2D eigenvalue weighted by Crippen LogP contribution is 2.17. The number of Topliss-reactive ketones (excluding diaryl/α,β-unsaturated/α-hetero) is 1. The summed E-state index contributed by atoms with van der Waals surface area (Å²) in [6.45, 7) is 6.52. The Hall–Kier alpha value is -2.44. The van der Waals surface area contributed by atoms with Gasteiger partial charge in [0, 0.05) is 17.7 Å². The van der Waals surface area contributed by atoms with Crippen molar-refractivity contribution >= 4 is 17.7 Å². The summed E-state index contributed by atoms with van der Waals surface area (Å²) in [5.74, 6) is -2.68. The normalized spacial score (nSPS) is 10.4. The summed E-state index contributed by atoms with van der Waals surface area (Å²) < 4.78 is 9.67. The molecule has 0 radical (unpaired) electrons. The average molecular weight is 309 g/mol. The quantitative estimate of drug-likeness (QED) is 0.632. The molecule has 0 spiro atoms. The zero-order valence-corrected chi connectivity index (χ0v) is 13.0. The molecule has 0 aliphatic heterocycles. The van der Waals surface area contributed by atoms with Crippen LogP contribution in [0.15, 0.2) is 11.0 Å². The van der Waals surface area contributed by atoms with Crippen molar-refractivity contribution in [2.45, 2.75) is 27.7 Å². The van der Waals surface area contributed by atoms with Gasteiger partial charge in [-0.3, -0.25) is 9.59 Å². The lowest BCUT2D eigenvalue weighted by molar-refractivity contribution is 0.0475. The summed E-state index contributed by atoms with van der Waals surface area (Å²) >= 11 is 0. The lowest BCUT2D eigenvalue weighted by atomic mass is 9.95. The van der Waals surface area contributed by atoms with Crippen LogP contribution < -0.4 is 5.56 Å². The van der Waals surface area contributed by atoms with Gasteiger partial charge in [-0.25, -0.2) is 9.59 Å². The fraction of sp³-hybridized carbons (Fsp3) is 0.467. The van der Waals surface area contributed by atoms with Crippen LogP contribution in [0.2, 0.25) is 0 Å². The highest BCUT2D eigenvalue weighted by Gasteiger charge is 2.30. The summed E-state index contributed by atoms with van der Waals surface area (Å²) in [5, 5.41) is 0. The van der Waals surface area contributed by atoms with Gasteiger partial charge in [0.1, 0.15) is 5.56 Å². The number of esters is 2. The molecule has 0 unspecified atom stereocenters. The molecule has 0 bridgehead atoms. The van der Waals surface area contributed by atoms with Gasteiger partial charge in [-0.1, -0.05) is 13.8 Å². The second-order valence-electron chi connectivity index (χ2n) is 4.74. The third-order valence-corrected chi connectivity index (χ3v) is 2.84. The Balaban J connectivity index is 3.63. The van der Waals surface area contributed by atoms with E-state index in [1.165, 1.54) is 0 Å². The van der Waals surface area contributed by atoms with Crippen LogP contribution in [0.1, 0.15) is 58.8 Å². The van der Waals surface area contributed by atoms with Crippen molar-refractivity contribution in [3.05, 3.63) is 33.2 Å². The fourth-order valence-corrected chi connectivity index (χ4v) is 1.85. The molecule has 1 aromatic heterocycles. The number of aromatic nitrogens is 1. The molecule has 120 valence electrons. The van der Waals surface area contributed by atoms with Gasteiger partial charge in [0.05, 0.1) is 18.8 Å². The van der Waals surface area contributed by atoms with Crippen molar-refractivity contribution in [3.8, 4) is 0 Å². The molecular weight excluding hydrogens is 290 g/mol. The van der Waals surface area contributed by atoms with Crippen LogP contribution in [0, 0.1) is 5.92 Å². The first kappa shape index (κ1) is 17.6. The molecule has 1 heterocycles. The highest BCUT2D eigenvalue weighted by molar-refractivity contribution is 6.12. The van der Waals surface area contributed by atoms with Crippen LogP contribution in [0.3, 0.4) is 0 Å². The first-order chi connectivity index (χ1) is 10.3. The average Bonchev–Trinajstić information content (AvgIpc) is 2.46. The van der Waals surface area contributed by atoms with E-state index in [9.17, 15) is 19.2 Å². The minimum absolute atomic E-state index is 0.0306. The summed E-state index contributed by atoms with van der Waals surface area (Å²) in [6, 6.07) is 0. The number of pyridine rings is 1. The minimum Gasteiger partial charge on any atom is -0.462 e. The van der Waals surface area contributed by atoms with Gasteiger partial charge in [0.15, 0.2) is 5.78 Å². The summed E-state index contributed by atoms with van der Waals surface area (Å²) in [5.41, 5.74) is -1.72. The van der Waals surface area contributed by atoms with Crippen molar-refractivity contribution in [1.29, 1.82) is 0 Å². The highest BCUT2D eigenvalue weighted by atomic mass is 16.5. The predicted octanol–water partition coefficient (Wildman–Crippen LogP) is 1.57. The van der Waals surface area contributed by atoms with Crippen LogP contribution in [0.4, 0.5) is 0 Å². The lowest BCUT2D eigenvalue weighted by Gasteiger charge is -2.13. The maximum atomic E-state index is 12.2. The molecule has 0 amide bonds. The van der Waals surface area contributed by atoms with Crippen LogP contribution in [-0.2, 0) is 9.47 Å². The van der Waals surface area contributed by atoms with Crippen molar-refractivity contribution in [2.75, 3.05) is 13.2 Å². The number of nitrogens with one attached hydrogen (secondary N) is 1. The number of hydrogen-bond donors (Lipinski definition) is 1. The van der Waals surface area contributed by atoms with Gasteiger partial charge in [0.25, 0.3) is 5.56 Å². The number of rotatable bonds is 6. The molecule has 0 aliphatic carbocycles. The zero-order valence-electron chi connectivity index (χ0n) is 13.0. The third-order valence-electron chi connectivity index (χ3n) is 2.84. The molecule has 1 rings (SSSR count). The van der Waals surface area contributed by atoms with E-state index >= 15 is 0 Å². The van der Waals surface area contributed by atoms with Crippen LogP contribution >= 0.6 is 0 Å². The number of aromatic amines is 1. The Morgan fingerprint density at radius 3 is 2.00 bits per heavy atom. The van der Waals surface area contributed by atoms with Crippen LogP contribution in [0.5, 0.6) is 0 Å². The second-order valence-corrected chi connectivity index (χ2v) is 4.74. The maximum Gasteiger partial charge on any atom is 0.344 e. The fourth-order valence-electron chi connectivity index (χ4n) is 1.85. The van der Waals surface area contributed by atoms with E-state index in [-0.39, 0.29) is 30.1 Å². The zero-order chi connectivity index (χ0) is 16.9. The van der Waals surface area contributed by atoms with Crippen molar-refractivity contribution in [2.24, 2.45) is 5.92 Å². The predicted molar refractivity (Wildman–Crippen MR) is 78.1 cm³/mol. The molecule has 1 N–H and O–H groups in total. The molecule has 0 aliphatic rings. The number of carbonyl (C=O) groups excluding carboxylic acids is 3.